The molecule has 1 heterocycles. The fourth-order valence-corrected chi connectivity index (χ4v) is 4.80. The summed E-state index contributed by atoms with van der Waals surface area (Å²) >= 11 is 3.49. The van der Waals surface area contributed by atoms with Crippen molar-refractivity contribution in [3.05, 3.63) is 58.3 Å². The Morgan fingerprint density at radius 2 is 1.82 bits per heavy atom. The van der Waals surface area contributed by atoms with E-state index in [4.69, 9.17) is 4.74 Å². The highest BCUT2D eigenvalue weighted by atomic mass is 79.9. The molecule has 7 heteroatoms. The van der Waals surface area contributed by atoms with Crippen molar-refractivity contribution in [2.75, 3.05) is 33.4 Å². The van der Waals surface area contributed by atoms with Gasteiger partial charge in [0.25, 0.3) is 0 Å². The van der Waals surface area contributed by atoms with E-state index < -0.39 is 0 Å². The lowest BCUT2D eigenvalue weighted by Gasteiger charge is -2.29. The van der Waals surface area contributed by atoms with E-state index in [1.54, 1.807) is 12.0 Å². The third-order valence-corrected chi connectivity index (χ3v) is 7.11. The van der Waals surface area contributed by atoms with Gasteiger partial charge < -0.3 is 19.1 Å². The van der Waals surface area contributed by atoms with E-state index in [9.17, 15) is 9.59 Å². The van der Waals surface area contributed by atoms with Gasteiger partial charge in [-0.05, 0) is 49.1 Å². The number of halogens is 1. The maximum Gasteiger partial charge on any atom is 0.242 e. The maximum absolute atomic E-state index is 13.5. The minimum Gasteiger partial charge on any atom is -0.383 e. The maximum atomic E-state index is 13.5. The molecule has 0 radical (unpaired) electrons. The van der Waals surface area contributed by atoms with Crippen molar-refractivity contribution in [2.45, 2.75) is 58.5 Å². The zero-order valence-corrected chi connectivity index (χ0v) is 22.1. The van der Waals surface area contributed by atoms with Gasteiger partial charge in [0.05, 0.1) is 19.7 Å². The van der Waals surface area contributed by atoms with Gasteiger partial charge in [-0.3, -0.25) is 9.59 Å². The monoisotopic (exact) mass is 531 g/mol. The molecule has 2 aromatic rings. The van der Waals surface area contributed by atoms with Crippen LogP contribution in [-0.2, 0) is 27.4 Å². The smallest absolute Gasteiger partial charge is 0.242 e. The van der Waals surface area contributed by atoms with Crippen LogP contribution in [0.3, 0.4) is 0 Å². The molecule has 0 bridgehead atoms. The number of nitrogens with zero attached hydrogens (tertiary/aromatic N) is 3. The SMILES string of the molecule is CCCCN(Cc1cccn1Cc1ccc(Br)cc1)C(=O)CN(CCOC)C(=O)C1CCCC1. The summed E-state index contributed by atoms with van der Waals surface area (Å²) in [4.78, 5) is 30.2. The van der Waals surface area contributed by atoms with Crippen molar-refractivity contribution in [3.8, 4) is 0 Å². The van der Waals surface area contributed by atoms with Crippen molar-refractivity contribution in [2.24, 2.45) is 5.92 Å². The molecule has 3 rings (SSSR count). The molecule has 6 nitrogen and oxygen atoms in total. The number of carbonyl (C=O) groups is 2. The first-order valence-electron chi connectivity index (χ1n) is 12.5. The van der Waals surface area contributed by atoms with Gasteiger partial charge in [0.15, 0.2) is 0 Å². The Bertz CT molecular complexity index is 906. The van der Waals surface area contributed by atoms with Crippen LogP contribution in [0.2, 0.25) is 0 Å². The number of aromatic nitrogens is 1. The van der Waals surface area contributed by atoms with Crippen LogP contribution in [0, 0.1) is 5.92 Å². The quantitative estimate of drug-likeness (QED) is 0.361. The van der Waals surface area contributed by atoms with Crippen LogP contribution in [-0.4, -0.2) is 59.5 Å². The van der Waals surface area contributed by atoms with Gasteiger partial charge in [-0.2, -0.15) is 0 Å². The zero-order chi connectivity index (χ0) is 24.3. The van der Waals surface area contributed by atoms with Gasteiger partial charge in [0, 0.05) is 49.0 Å². The standard InChI is InChI=1S/C27H38BrN3O3/c1-3-4-15-30(20-25-10-7-16-29(25)19-22-11-13-24(28)14-12-22)26(32)21-31(17-18-34-2)27(33)23-8-5-6-9-23/h7,10-14,16,23H,3-6,8-9,15,17-21H2,1-2H3. The molecule has 1 aliphatic rings. The molecule has 186 valence electrons. The minimum atomic E-state index is 0.00675. The van der Waals surface area contributed by atoms with Gasteiger partial charge in [-0.1, -0.05) is 54.2 Å². The molecule has 0 N–H and O–H groups in total. The normalized spacial score (nSPS) is 13.9. The van der Waals surface area contributed by atoms with E-state index in [1.165, 1.54) is 5.56 Å². The van der Waals surface area contributed by atoms with Gasteiger partial charge in [-0.15, -0.1) is 0 Å². The van der Waals surface area contributed by atoms with Gasteiger partial charge in [0.1, 0.15) is 0 Å². The van der Waals surface area contributed by atoms with Crippen LogP contribution in [0.5, 0.6) is 0 Å². The first kappa shape index (κ1) is 26.5. The van der Waals surface area contributed by atoms with Crippen molar-refractivity contribution < 1.29 is 14.3 Å². The summed E-state index contributed by atoms with van der Waals surface area (Å²) in [7, 11) is 1.63. The lowest BCUT2D eigenvalue weighted by atomic mass is 10.1. The summed E-state index contributed by atoms with van der Waals surface area (Å²) in [5.41, 5.74) is 2.30. The Hall–Kier alpha value is -2.12. The highest BCUT2D eigenvalue weighted by molar-refractivity contribution is 9.10. The Balaban J connectivity index is 1.70. The van der Waals surface area contributed by atoms with E-state index in [-0.39, 0.29) is 24.3 Å². The zero-order valence-electron chi connectivity index (χ0n) is 20.5. The fourth-order valence-electron chi connectivity index (χ4n) is 4.53. The lowest BCUT2D eigenvalue weighted by molar-refractivity contribution is -0.143. The molecule has 1 fully saturated rings. The predicted octanol–water partition coefficient (Wildman–Crippen LogP) is 5.09. The number of unbranched alkanes of at least 4 members (excludes halogenated alkanes) is 1. The average molecular weight is 533 g/mol. The highest BCUT2D eigenvalue weighted by Gasteiger charge is 2.29. The second-order valence-corrected chi connectivity index (χ2v) is 10.1. The van der Waals surface area contributed by atoms with Gasteiger partial charge in [0.2, 0.25) is 11.8 Å². The largest absolute Gasteiger partial charge is 0.383 e. The number of hydrogen-bond acceptors (Lipinski definition) is 3. The van der Waals surface area contributed by atoms with Crippen LogP contribution in [0.1, 0.15) is 56.7 Å². The minimum absolute atomic E-state index is 0.00675. The number of amides is 2. The Morgan fingerprint density at radius 3 is 2.50 bits per heavy atom. The lowest BCUT2D eigenvalue weighted by Crippen LogP contribution is -2.46. The molecule has 1 saturated carbocycles. The number of ether oxygens (including phenoxy) is 1. The summed E-state index contributed by atoms with van der Waals surface area (Å²) in [6.45, 7) is 5.14. The molecule has 1 aliphatic carbocycles. The molecule has 0 unspecified atom stereocenters. The molecule has 0 saturated heterocycles. The molecule has 0 spiro atoms. The number of carbonyl (C=O) groups excluding carboxylic acids is 2. The number of methoxy groups -OCH3 is 1. The van der Waals surface area contributed by atoms with Gasteiger partial charge in [-0.25, -0.2) is 0 Å². The number of benzene rings is 1. The molecule has 0 aliphatic heterocycles. The van der Waals surface area contributed by atoms with Crippen LogP contribution in [0.25, 0.3) is 0 Å². The van der Waals surface area contributed by atoms with Crippen molar-refractivity contribution >= 4 is 27.7 Å². The molecule has 0 atom stereocenters. The second-order valence-electron chi connectivity index (χ2n) is 9.16. The third kappa shape index (κ3) is 7.70. The van der Waals surface area contributed by atoms with E-state index in [1.807, 2.05) is 23.1 Å². The summed E-state index contributed by atoms with van der Waals surface area (Å²) in [5.74, 6) is 0.168. The van der Waals surface area contributed by atoms with Crippen LogP contribution in [0.15, 0.2) is 47.1 Å². The molecule has 1 aromatic carbocycles. The van der Waals surface area contributed by atoms with E-state index in [0.717, 1.165) is 55.2 Å². The molecule has 1 aromatic heterocycles. The van der Waals surface area contributed by atoms with Crippen LogP contribution < -0.4 is 0 Å². The average Bonchev–Trinajstić information content (AvgIpc) is 3.53. The van der Waals surface area contributed by atoms with Crippen molar-refractivity contribution in [1.29, 1.82) is 0 Å². The number of rotatable bonds is 13. The van der Waals surface area contributed by atoms with Crippen molar-refractivity contribution in [1.82, 2.24) is 14.4 Å². The molecule has 34 heavy (non-hydrogen) atoms. The second kappa shape index (κ2) is 13.7. The van der Waals surface area contributed by atoms with Gasteiger partial charge >= 0.3 is 0 Å². The Kier molecular flexibility index (Phi) is 10.7. The van der Waals surface area contributed by atoms with Crippen molar-refractivity contribution in [3.63, 3.8) is 0 Å². The Labute approximate surface area is 212 Å². The van der Waals surface area contributed by atoms with Crippen LogP contribution >= 0.6 is 15.9 Å². The Morgan fingerprint density at radius 1 is 1.09 bits per heavy atom. The molecular formula is C27H38BrN3O3. The summed E-state index contributed by atoms with van der Waals surface area (Å²) in [6.07, 6.45) is 8.07. The first-order chi connectivity index (χ1) is 16.5. The van der Waals surface area contributed by atoms with E-state index >= 15 is 0 Å². The first-order valence-corrected chi connectivity index (χ1v) is 13.2. The third-order valence-electron chi connectivity index (χ3n) is 6.58. The van der Waals surface area contributed by atoms with E-state index in [0.29, 0.717) is 26.2 Å². The fraction of sp³-hybridized carbons (Fsp3) is 0.556. The predicted molar refractivity (Wildman–Crippen MR) is 138 cm³/mol. The molecule has 2 amide bonds. The summed E-state index contributed by atoms with van der Waals surface area (Å²) < 4.78 is 8.49. The summed E-state index contributed by atoms with van der Waals surface area (Å²) in [5, 5.41) is 0. The summed E-state index contributed by atoms with van der Waals surface area (Å²) in [6, 6.07) is 12.4. The number of hydrogen-bond donors (Lipinski definition) is 0. The highest BCUT2D eigenvalue weighted by Crippen LogP contribution is 2.26. The van der Waals surface area contributed by atoms with Crippen LogP contribution in [0.4, 0.5) is 0 Å². The van der Waals surface area contributed by atoms with E-state index in [2.05, 4.69) is 51.8 Å². The molecular weight excluding hydrogens is 494 g/mol. The topological polar surface area (TPSA) is 54.8 Å².